The highest BCUT2D eigenvalue weighted by atomic mass is 32.1. The molecule has 1 aromatic carbocycles. The lowest BCUT2D eigenvalue weighted by Gasteiger charge is -2.28. The zero-order chi connectivity index (χ0) is 14.7. The van der Waals surface area contributed by atoms with E-state index < -0.39 is 6.10 Å². The van der Waals surface area contributed by atoms with Crippen LogP contribution in [0.1, 0.15) is 0 Å². The van der Waals surface area contributed by atoms with Gasteiger partial charge in [-0.2, -0.15) is 4.37 Å². The van der Waals surface area contributed by atoms with Crippen LogP contribution in [0.25, 0.3) is 11.3 Å². The van der Waals surface area contributed by atoms with Gasteiger partial charge in [-0.25, -0.2) is 0 Å². The average molecular weight is 303 g/mol. The number of carbonyl (C=O) groups is 1. The Morgan fingerprint density at radius 2 is 2.24 bits per heavy atom. The summed E-state index contributed by atoms with van der Waals surface area (Å²) < 4.78 is 9.88. The quantitative estimate of drug-likeness (QED) is 0.943. The number of amides is 1. The average Bonchev–Trinajstić information content (AvgIpc) is 2.97. The van der Waals surface area contributed by atoms with E-state index in [1.54, 1.807) is 0 Å². The molecule has 2 aromatic rings. The predicted octanol–water partition coefficient (Wildman–Crippen LogP) is 2.08. The maximum Gasteiger partial charge on any atom is 0.255 e. The molecule has 1 fully saturated rings. The zero-order valence-electron chi connectivity index (χ0n) is 11.8. The van der Waals surface area contributed by atoms with Gasteiger partial charge in [-0.1, -0.05) is 30.3 Å². The summed E-state index contributed by atoms with van der Waals surface area (Å²) >= 11 is 1.29. The largest absolute Gasteiger partial charge is 0.366 e. The molecule has 0 radical (unpaired) electrons. The van der Waals surface area contributed by atoms with E-state index in [0.29, 0.717) is 13.2 Å². The van der Waals surface area contributed by atoms with E-state index >= 15 is 0 Å². The highest BCUT2D eigenvalue weighted by molar-refractivity contribution is 7.10. The summed E-state index contributed by atoms with van der Waals surface area (Å²) in [4.78, 5) is 14.3. The van der Waals surface area contributed by atoms with Crippen LogP contribution in [0.3, 0.4) is 0 Å². The van der Waals surface area contributed by atoms with Crippen LogP contribution in [-0.2, 0) is 9.53 Å². The third-order valence-electron chi connectivity index (χ3n) is 3.39. The molecule has 6 heteroatoms. The molecule has 5 nitrogen and oxygen atoms in total. The Balaban J connectivity index is 1.66. The Bertz CT molecular complexity index is 614. The van der Waals surface area contributed by atoms with Crippen LogP contribution in [0.2, 0.25) is 0 Å². The van der Waals surface area contributed by atoms with Crippen molar-refractivity contribution in [1.82, 2.24) is 9.27 Å². The zero-order valence-corrected chi connectivity index (χ0v) is 12.6. The third kappa shape index (κ3) is 3.47. The molecule has 3 rings (SSSR count). The summed E-state index contributed by atoms with van der Waals surface area (Å²) in [6.07, 6.45) is -0.411. The maximum atomic E-state index is 12.2. The van der Waals surface area contributed by atoms with E-state index in [1.165, 1.54) is 11.5 Å². The summed E-state index contributed by atoms with van der Waals surface area (Å²) in [5, 5.41) is 3.63. The van der Waals surface area contributed by atoms with Gasteiger partial charge in [0.05, 0.1) is 12.3 Å². The Morgan fingerprint density at radius 1 is 1.43 bits per heavy atom. The number of nitrogens with one attached hydrogen (secondary N) is 1. The number of ether oxygens (including phenoxy) is 1. The van der Waals surface area contributed by atoms with Gasteiger partial charge in [0.1, 0.15) is 11.1 Å². The molecule has 0 saturated carbocycles. The number of hydrogen-bond donors (Lipinski definition) is 1. The summed E-state index contributed by atoms with van der Waals surface area (Å²) in [5.74, 6) is -0.107. The summed E-state index contributed by atoms with van der Waals surface area (Å²) in [5.41, 5.74) is 1.92. The van der Waals surface area contributed by atoms with Gasteiger partial charge in [0.25, 0.3) is 5.91 Å². The fraction of sp³-hybridized carbons (Fsp3) is 0.333. The third-order valence-corrected chi connectivity index (χ3v) is 4.09. The van der Waals surface area contributed by atoms with E-state index in [4.69, 9.17) is 4.74 Å². The Morgan fingerprint density at radius 3 is 3.00 bits per heavy atom. The molecular weight excluding hydrogens is 286 g/mol. The molecule has 0 spiro atoms. The molecule has 1 atom stereocenters. The molecule has 2 heterocycles. The number of benzene rings is 1. The molecule has 0 bridgehead atoms. The predicted molar refractivity (Wildman–Crippen MR) is 83.4 cm³/mol. The fourth-order valence-electron chi connectivity index (χ4n) is 2.22. The first-order valence-electron chi connectivity index (χ1n) is 6.85. The van der Waals surface area contributed by atoms with Gasteiger partial charge in [0, 0.05) is 24.7 Å². The number of aromatic nitrogens is 1. The van der Waals surface area contributed by atoms with Crippen LogP contribution in [0.5, 0.6) is 0 Å². The smallest absolute Gasteiger partial charge is 0.255 e. The molecule has 1 saturated heterocycles. The minimum Gasteiger partial charge on any atom is -0.366 e. The number of anilines is 1. The van der Waals surface area contributed by atoms with Crippen LogP contribution in [-0.4, -0.2) is 48.0 Å². The highest BCUT2D eigenvalue weighted by Crippen LogP contribution is 2.25. The van der Waals surface area contributed by atoms with E-state index in [0.717, 1.165) is 22.8 Å². The first-order valence-corrected chi connectivity index (χ1v) is 7.63. The van der Waals surface area contributed by atoms with Crippen molar-refractivity contribution in [3.05, 3.63) is 36.4 Å². The monoisotopic (exact) mass is 303 g/mol. The Kier molecular flexibility index (Phi) is 4.28. The lowest BCUT2D eigenvalue weighted by Crippen LogP contribution is -2.46. The van der Waals surface area contributed by atoms with Gasteiger partial charge in [-0.05, 0) is 18.6 Å². The van der Waals surface area contributed by atoms with Crippen molar-refractivity contribution < 1.29 is 9.53 Å². The van der Waals surface area contributed by atoms with E-state index in [9.17, 15) is 4.79 Å². The highest BCUT2D eigenvalue weighted by Gasteiger charge is 2.25. The lowest BCUT2D eigenvalue weighted by atomic mass is 10.1. The molecule has 1 aliphatic heterocycles. The molecule has 0 unspecified atom stereocenters. The second kappa shape index (κ2) is 6.34. The normalized spacial score (nSPS) is 19.4. The number of nitrogens with zero attached hydrogens (tertiary/aromatic N) is 2. The van der Waals surface area contributed by atoms with Crippen molar-refractivity contribution in [3.63, 3.8) is 0 Å². The summed E-state index contributed by atoms with van der Waals surface area (Å²) in [6, 6.07) is 11.8. The van der Waals surface area contributed by atoms with Crippen LogP contribution < -0.4 is 5.32 Å². The van der Waals surface area contributed by atoms with Crippen molar-refractivity contribution in [1.29, 1.82) is 0 Å². The van der Waals surface area contributed by atoms with Crippen LogP contribution in [0.15, 0.2) is 36.4 Å². The fourth-order valence-corrected chi connectivity index (χ4v) is 2.88. The van der Waals surface area contributed by atoms with Crippen molar-refractivity contribution in [3.8, 4) is 11.3 Å². The number of likely N-dealkylation sites (N-methyl/N-ethyl adjacent to an activating group) is 1. The second-order valence-corrected chi connectivity index (χ2v) is 5.86. The molecule has 1 aromatic heterocycles. The van der Waals surface area contributed by atoms with Crippen LogP contribution >= 0.6 is 11.5 Å². The molecular formula is C15H17N3O2S. The summed E-state index contributed by atoms with van der Waals surface area (Å²) in [6.45, 7) is 2.07. The number of hydrogen-bond acceptors (Lipinski definition) is 5. The van der Waals surface area contributed by atoms with Crippen LogP contribution in [0.4, 0.5) is 5.00 Å². The Hall–Kier alpha value is -1.76. The van der Waals surface area contributed by atoms with Gasteiger partial charge in [0.15, 0.2) is 0 Å². The first-order chi connectivity index (χ1) is 10.2. The first kappa shape index (κ1) is 14.2. The SMILES string of the molecule is CN1CCO[C@H](C(=O)Nc2cc(-c3ccccc3)ns2)C1. The number of morpholine rings is 1. The van der Waals surface area contributed by atoms with Gasteiger partial charge in [-0.3, -0.25) is 4.79 Å². The molecule has 21 heavy (non-hydrogen) atoms. The molecule has 110 valence electrons. The van der Waals surface area contributed by atoms with E-state index in [2.05, 4.69) is 14.6 Å². The van der Waals surface area contributed by atoms with Gasteiger partial charge < -0.3 is 15.0 Å². The number of rotatable bonds is 3. The maximum absolute atomic E-state index is 12.2. The van der Waals surface area contributed by atoms with Gasteiger partial charge in [0.2, 0.25) is 0 Å². The van der Waals surface area contributed by atoms with E-state index in [1.807, 2.05) is 43.4 Å². The van der Waals surface area contributed by atoms with Gasteiger partial charge >= 0.3 is 0 Å². The van der Waals surface area contributed by atoms with Crippen molar-refractivity contribution >= 4 is 22.4 Å². The molecule has 0 aliphatic carbocycles. The van der Waals surface area contributed by atoms with E-state index in [-0.39, 0.29) is 5.91 Å². The molecule has 1 aliphatic rings. The number of carbonyl (C=O) groups excluding carboxylic acids is 1. The van der Waals surface area contributed by atoms with Crippen molar-refractivity contribution in [2.45, 2.75) is 6.10 Å². The minimum absolute atomic E-state index is 0.107. The second-order valence-electron chi connectivity index (χ2n) is 5.05. The lowest BCUT2D eigenvalue weighted by molar-refractivity contribution is -0.132. The Labute approximate surface area is 127 Å². The standard InChI is InChI=1S/C15H17N3O2S/c1-18-7-8-20-13(10-18)15(19)16-14-9-12(17-21-14)11-5-3-2-4-6-11/h2-6,9,13H,7-8,10H2,1H3,(H,16,19)/t13-/m0/s1. The van der Waals surface area contributed by atoms with Gasteiger partial charge in [-0.15, -0.1) is 0 Å². The van der Waals surface area contributed by atoms with Crippen LogP contribution in [0, 0.1) is 0 Å². The minimum atomic E-state index is -0.411. The van der Waals surface area contributed by atoms with Crippen molar-refractivity contribution in [2.75, 3.05) is 32.1 Å². The molecule has 1 N–H and O–H groups in total. The summed E-state index contributed by atoms with van der Waals surface area (Å²) in [7, 11) is 1.99. The van der Waals surface area contributed by atoms with Crippen molar-refractivity contribution in [2.24, 2.45) is 0 Å². The topological polar surface area (TPSA) is 54.5 Å². The molecule has 1 amide bonds.